The van der Waals surface area contributed by atoms with E-state index < -0.39 is 0 Å². The zero-order chi connectivity index (χ0) is 23.7. The van der Waals surface area contributed by atoms with Gasteiger partial charge in [0.1, 0.15) is 11.8 Å². The summed E-state index contributed by atoms with van der Waals surface area (Å²) in [5, 5.41) is 19.4. The number of carbonyl (C=O) groups excluding carboxylic acids is 1. The lowest BCUT2D eigenvalue weighted by molar-refractivity contribution is 0.102. The molecule has 5 aromatic rings. The van der Waals surface area contributed by atoms with E-state index in [0.717, 1.165) is 38.4 Å². The zero-order valence-electron chi connectivity index (χ0n) is 18.6. The van der Waals surface area contributed by atoms with E-state index in [0.29, 0.717) is 23.5 Å². The Bertz CT molecular complexity index is 1550. The number of amides is 1. The van der Waals surface area contributed by atoms with E-state index in [1.54, 1.807) is 23.6 Å². The second-order valence-electron chi connectivity index (χ2n) is 7.87. The Labute approximate surface area is 200 Å². The fourth-order valence-corrected chi connectivity index (χ4v) is 4.57. The van der Waals surface area contributed by atoms with Crippen LogP contribution in [0.3, 0.4) is 0 Å². The third-order valence-electron chi connectivity index (χ3n) is 5.63. The number of para-hydroxylation sites is 1. The van der Waals surface area contributed by atoms with Crippen molar-refractivity contribution in [2.24, 2.45) is 0 Å². The molecule has 0 unspecified atom stereocenters. The number of thiophene rings is 1. The van der Waals surface area contributed by atoms with E-state index in [2.05, 4.69) is 15.4 Å². The molecule has 1 amide bonds. The molecule has 8 heteroatoms. The predicted molar refractivity (Wildman–Crippen MR) is 133 cm³/mol. The second kappa shape index (κ2) is 8.89. The van der Waals surface area contributed by atoms with Gasteiger partial charge < -0.3 is 5.32 Å². The Hall–Kier alpha value is -4.35. The SMILES string of the molecule is Cc1nn(Cc2ccc(C#N)nc2)c(C)c1NC(=O)c1cc(-c2cccs2)nc2ccccc12. The van der Waals surface area contributed by atoms with Gasteiger partial charge in [0.15, 0.2) is 0 Å². The van der Waals surface area contributed by atoms with Crippen LogP contribution in [0.4, 0.5) is 5.69 Å². The lowest BCUT2D eigenvalue weighted by Gasteiger charge is -2.11. The van der Waals surface area contributed by atoms with Gasteiger partial charge in [0, 0.05) is 11.6 Å². The Morgan fingerprint density at radius 1 is 1.15 bits per heavy atom. The number of anilines is 1. The Kier molecular flexibility index (Phi) is 5.62. The highest BCUT2D eigenvalue weighted by atomic mass is 32.1. The van der Waals surface area contributed by atoms with Crippen molar-refractivity contribution in [3.8, 4) is 16.6 Å². The first kappa shape index (κ1) is 21.5. The third kappa shape index (κ3) is 4.05. The minimum absolute atomic E-state index is 0.206. The molecule has 166 valence electrons. The second-order valence-corrected chi connectivity index (χ2v) is 8.82. The fraction of sp³-hybridized carbons (Fsp3) is 0.115. The van der Waals surface area contributed by atoms with E-state index >= 15 is 0 Å². The number of hydrogen-bond donors (Lipinski definition) is 1. The summed E-state index contributed by atoms with van der Waals surface area (Å²) in [5.41, 5.74) is 5.66. The van der Waals surface area contributed by atoms with Crippen molar-refractivity contribution in [2.45, 2.75) is 20.4 Å². The number of benzene rings is 1. The molecule has 1 aromatic carbocycles. The number of nitriles is 1. The van der Waals surface area contributed by atoms with Crippen LogP contribution in [0.5, 0.6) is 0 Å². The molecule has 4 aromatic heterocycles. The van der Waals surface area contributed by atoms with Crippen molar-refractivity contribution in [1.29, 1.82) is 5.26 Å². The molecule has 0 saturated carbocycles. The van der Waals surface area contributed by atoms with Gasteiger partial charge in [-0.1, -0.05) is 30.3 Å². The van der Waals surface area contributed by atoms with Crippen LogP contribution in [-0.2, 0) is 6.54 Å². The average Bonchev–Trinajstić information content (AvgIpc) is 3.49. The zero-order valence-corrected chi connectivity index (χ0v) is 19.4. The molecule has 0 saturated heterocycles. The normalized spacial score (nSPS) is 10.9. The van der Waals surface area contributed by atoms with Gasteiger partial charge in [-0.15, -0.1) is 11.3 Å². The minimum atomic E-state index is -0.206. The number of pyridine rings is 2. The topological polar surface area (TPSA) is 96.5 Å². The predicted octanol–water partition coefficient (Wildman–Crippen LogP) is 5.34. The van der Waals surface area contributed by atoms with Crippen molar-refractivity contribution < 1.29 is 4.79 Å². The average molecular weight is 465 g/mol. The molecule has 1 N–H and O–H groups in total. The van der Waals surface area contributed by atoms with Crippen LogP contribution < -0.4 is 5.32 Å². The Morgan fingerprint density at radius 2 is 2.00 bits per heavy atom. The maximum Gasteiger partial charge on any atom is 0.256 e. The van der Waals surface area contributed by atoms with Crippen LogP contribution in [0.2, 0.25) is 0 Å². The molecule has 0 aliphatic heterocycles. The highest BCUT2D eigenvalue weighted by Gasteiger charge is 2.19. The first-order valence-electron chi connectivity index (χ1n) is 10.7. The third-order valence-corrected chi connectivity index (χ3v) is 6.52. The van der Waals surface area contributed by atoms with Crippen LogP contribution in [0.15, 0.2) is 66.2 Å². The first-order valence-corrected chi connectivity index (χ1v) is 11.6. The fourth-order valence-electron chi connectivity index (χ4n) is 3.88. The van der Waals surface area contributed by atoms with E-state index in [1.165, 1.54) is 0 Å². The Balaban J connectivity index is 1.47. The van der Waals surface area contributed by atoms with Gasteiger partial charge in [-0.05, 0) is 49.1 Å². The van der Waals surface area contributed by atoms with Crippen LogP contribution >= 0.6 is 11.3 Å². The summed E-state index contributed by atoms with van der Waals surface area (Å²) in [6, 6.07) is 19.0. The van der Waals surface area contributed by atoms with Gasteiger partial charge >= 0.3 is 0 Å². The van der Waals surface area contributed by atoms with Crippen LogP contribution in [0.1, 0.15) is 33.0 Å². The van der Waals surface area contributed by atoms with Gasteiger partial charge in [0.05, 0.1) is 45.3 Å². The molecule has 4 heterocycles. The Morgan fingerprint density at radius 3 is 2.74 bits per heavy atom. The van der Waals surface area contributed by atoms with Gasteiger partial charge in [-0.2, -0.15) is 10.4 Å². The highest BCUT2D eigenvalue weighted by Crippen LogP contribution is 2.29. The standard InChI is InChI=1S/C26H20N6OS/c1-16-25(17(2)32(31-16)15-18-9-10-19(13-27)28-14-18)30-26(33)21-12-23(24-8-5-11-34-24)29-22-7-4-3-6-20(21)22/h3-12,14H,15H2,1-2H3,(H,30,33). The molecular weight excluding hydrogens is 444 g/mol. The number of rotatable bonds is 5. The van der Waals surface area contributed by atoms with E-state index in [4.69, 9.17) is 10.2 Å². The number of nitrogens with one attached hydrogen (secondary N) is 1. The van der Waals surface area contributed by atoms with Gasteiger partial charge in [0.25, 0.3) is 5.91 Å². The number of carbonyl (C=O) groups is 1. The van der Waals surface area contributed by atoms with Crippen molar-refractivity contribution in [3.05, 3.63) is 94.4 Å². The molecule has 0 aliphatic rings. The molecule has 7 nitrogen and oxygen atoms in total. The van der Waals surface area contributed by atoms with E-state index in [9.17, 15) is 4.79 Å². The number of fused-ring (bicyclic) bond motifs is 1. The molecule has 34 heavy (non-hydrogen) atoms. The van der Waals surface area contributed by atoms with Gasteiger partial charge in [-0.3, -0.25) is 9.48 Å². The summed E-state index contributed by atoms with van der Waals surface area (Å²) in [6.45, 7) is 4.29. The number of aromatic nitrogens is 4. The number of aryl methyl sites for hydroxylation is 1. The summed E-state index contributed by atoms with van der Waals surface area (Å²) < 4.78 is 1.83. The highest BCUT2D eigenvalue weighted by molar-refractivity contribution is 7.13. The monoisotopic (exact) mass is 464 g/mol. The lowest BCUT2D eigenvalue weighted by Crippen LogP contribution is -2.14. The quantitative estimate of drug-likeness (QED) is 0.378. The van der Waals surface area contributed by atoms with Crippen LogP contribution in [0.25, 0.3) is 21.5 Å². The van der Waals surface area contributed by atoms with Crippen molar-refractivity contribution in [3.63, 3.8) is 0 Å². The van der Waals surface area contributed by atoms with Gasteiger partial charge in [-0.25, -0.2) is 9.97 Å². The molecule has 5 rings (SSSR count). The smallest absolute Gasteiger partial charge is 0.256 e. The van der Waals surface area contributed by atoms with Gasteiger partial charge in [0.2, 0.25) is 0 Å². The minimum Gasteiger partial charge on any atom is -0.319 e. The molecule has 0 fully saturated rings. The van der Waals surface area contributed by atoms with Crippen LogP contribution in [0, 0.1) is 25.2 Å². The maximum absolute atomic E-state index is 13.5. The van der Waals surface area contributed by atoms with Crippen molar-refractivity contribution in [1.82, 2.24) is 19.7 Å². The van der Waals surface area contributed by atoms with Crippen molar-refractivity contribution >= 4 is 33.8 Å². The van der Waals surface area contributed by atoms with E-state index in [-0.39, 0.29) is 5.91 Å². The summed E-state index contributed by atoms with van der Waals surface area (Å²) in [6.07, 6.45) is 1.67. The molecule has 0 spiro atoms. The number of hydrogen-bond acceptors (Lipinski definition) is 6. The first-order chi connectivity index (χ1) is 16.5. The summed E-state index contributed by atoms with van der Waals surface area (Å²) in [4.78, 5) is 23.4. The molecule has 0 aliphatic carbocycles. The molecular formula is C26H20N6OS. The summed E-state index contributed by atoms with van der Waals surface area (Å²) >= 11 is 1.59. The van der Waals surface area contributed by atoms with Crippen LogP contribution in [-0.4, -0.2) is 25.7 Å². The summed E-state index contributed by atoms with van der Waals surface area (Å²) in [7, 11) is 0. The van der Waals surface area contributed by atoms with E-state index in [1.807, 2.05) is 78.5 Å². The summed E-state index contributed by atoms with van der Waals surface area (Å²) in [5.74, 6) is -0.206. The lowest BCUT2D eigenvalue weighted by atomic mass is 10.1. The molecule has 0 atom stereocenters. The molecule has 0 radical (unpaired) electrons. The number of nitrogens with zero attached hydrogens (tertiary/aromatic N) is 5. The van der Waals surface area contributed by atoms with Crippen molar-refractivity contribution in [2.75, 3.05) is 5.32 Å². The molecule has 0 bridgehead atoms. The largest absolute Gasteiger partial charge is 0.319 e. The maximum atomic E-state index is 13.5.